The molecule has 0 aliphatic heterocycles. The summed E-state index contributed by atoms with van der Waals surface area (Å²) in [5.41, 5.74) is 14.3. The van der Waals surface area contributed by atoms with Crippen molar-refractivity contribution in [3.8, 4) is 0 Å². The minimum atomic E-state index is -0.588. The lowest BCUT2D eigenvalue weighted by Crippen LogP contribution is -2.26. The van der Waals surface area contributed by atoms with Gasteiger partial charge in [-0.3, -0.25) is 4.79 Å². The number of nitrogens with one attached hydrogen (secondary N) is 2. The summed E-state index contributed by atoms with van der Waals surface area (Å²) in [5.74, 6) is 0.166. The average Bonchev–Trinajstić information content (AvgIpc) is 2.45. The molecule has 7 nitrogen and oxygen atoms in total. The Balaban J connectivity index is 2.37. The van der Waals surface area contributed by atoms with E-state index in [1.54, 1.807) is 0 Å². The van der Waals surface area contributed by atoms with Crippen molar-refractivity contribution in [3.05, 3.63) is 41.1 Å². The molecule has 0 radical (unpaired) electrons. The van der Waals surface area contributed by atoms with Gasteiger partial charge >= 0.3 is 0 Å². The van der Waals surface area contributed by atoms with Gasteiger partial charge in [-0.15, -0.1) is 0 Å². The lowest BCUT2D eigenvalue weighted by atomic mass is 10.1. The van der Waals surface area contributed by atoms with E-state index < -0.39 is 5.91 Å². The Morgan fingerprint density at radius 2 is 1.91 bits per heavy atom. The van der Waals surface area contributed by atoms with Gasteiger partial charge in [0.25, 0.3) is 5.91 Å². The summed E-state index contributed by atoms with van der Waals surface area (Å²) in [7, 11) is 0. The van der Waals surface area contributed by atoms with E-state index in [1.165, 1.54) is 6.20 Å². The first-order valence-electron chi connectivity index (χ1n) is 7.38. The molecule has 2 rings (SSSR count). The second-order valence-corrected chi connectivity index (χ2v) is 5.60. The number of amides is 1. The van der Waals surface area contributed by atoms with Crippen LogP contribution in [0, 0.1) is 13.8 Å². The molecule has 1 atom stereocenters. The molecule has 0 bridgehead atoms. The van der Waals surface area contributed by atoms with Gasteiger partial charge in [0.2, 0.25) is 5.95 Å². The highest BCUT2D eigenvalue weighted by atomic mass is 16.1. The maximum absolute atomic E-state index is 11.6. The van der Waals surface area contributed by atoms with Crippen molar-refractivity contribution in [1.82, 2.24) is 9.97 Å². The van der Waals surface area contributed by atoms with Crippen LogP contribution in [0.1, 0.15) is 28.4 Å². The Labute approximate surface area is 135 Å². The number of carbonyl (C=O) groups is 1. The number of nitrogens with two attached hydrogens (primary N) is 2. The van der Waals surface area contributed by atoms with Crippen molar-refractivity contribution in [3.63, 3.8) is 0 Å². The van der Waals surface area contributed by atoms with E-state index in [0.717, 1.165) is 16.8 Å². The molecule has 1 aromatic carbocycles. The van der Waals surface area contributed by atoms with Gasteiger partial charge in [-0.1, -0.05) is 6.07 Å². The van der Waals surface area contributed by atoms with E-state index in [0.29, 0.717) is 18.3 Å². The van der Waals surface area contributed by atoms with Crippen molar-refractivity contribution in [2.24, 2.45) is 11.5 Å². The first kappa shape index (κ1) is 16.7. The van der Waals surface area contributed by atoms with Gasteiger partial charge in [-0.05, 0) is 44.0 Å². The van der Waals surface area contributed by atoms with Crippen molar-refractivity contribution in [2.45, 2.75) is 26.8 Å². The number of hydrogen-bond donors (Lipinski definition) is 4. The zero-order valence-corrected chi connectivity index (χ0v) is 13.6. The van der Waals surface area contributed by atoms with E-state index in [2.05, 4.69) is 26.7 Å². The first-order chi connectivity index (χ1) is 10.9. The number of aryl methyl sites for hydroxylation is 2. The Morgan fingerprint density at radius 3 is 2.48 bits per heavy atom. The molecule has 0 saturated carbocycles. The van der Waals surface area contributed by atoms with Gasteiger partial charge < -0.3 is 22.1 Å². The lowest BCUT2D eigenvalue weighted by Gasteiger charge is -2.14. The van der Waals surface area contributed by atoms with E-state index in [9.17, 15) is 4.79 Å². The van der Waals surface area contributed by atoms with Crippen LogP contribution < -0.4 is 22.1 Å². The molecule has 2 aromatic rings. The van der Waals surface area contributed by atoms with Gasteiger partial charge in [0, 0.05) is 24.5 Å². The number of carbonyl (C=O) groups excluding carboxylic acids is 1. The standard InChI is InChI=1S/C16H22N6O/c1-9-4-10(2)6-12(5-9)21-15-13(14(18)23)8-19-16(22-15)20-11(3)7-17/h4-6,8,11H,7,17H2,1-3H3,(H2,18,23)(H2,19,20,21,22). The average molecular weight is 314 g/mol. The summed E-state index contributed by atoms with van der Waals surface area (Å²) in [5, 5.41) is 6.21. The predicted molar refractivity (Wildman–Crippen MR) is 91.9 cm³/mol. The highest BCUT2D eigenvalue weighted by Crippen LogP contribution is 2.22. The monoisotopic (exact) mass is 314 g/mol. The van der Waals surface area contributed by atoms with Crippen molar-refractivity contribution in [2.75, 3.05) is 17.2 Å². The smallest absolute Gasteiger partial charge is 0.254 e. The second-order valence-electron chi connectivity index (χ2n) is 5.60. The number of primary amides is 1. The molecule has 0 aliphatic rings. The molecule has 6 N–H and O–H groups in total. The van der Waals surface area contributed by atoms with E-state index in [-0.39, 0.29) is 11.6 Å². The summed E-state index contributed by atoms with van der Waals surface area (Å²) >= 11 is 0. The quantitative estimate of drug-likeness (QED) is 0.644. The topological polar surface area (TPSA) is 119 Å². The predicted octanol–water partition coefficient (Wildman–Crippen LogP) is 1.70. The van der Waals surface area contributed by atoms with Crippen LogP contribution >= 0.6 is 0 Å². The number of hydrogen-bond acceptors (Lipinski definition) is 6. The Kier molecular flexibility index (Phi) is 5.13. The number of benzene rings is 1. The number of anilines is 3. The molecule has 1 unspecified atom stereocenters. The van der Waals surface area contributed by atoms with Crippen molar-refractivity contribution >= 4 is 23.4 Å². The second kappa shape index (κ2) is 7.06. The van der Waals surface area contributed by atoms with Crippen LogP contribution in [0.25, 0.3) is 0 Å². The fourth-order valence-corrected chi connectivity index (χ4v) is 2.19. The molecule has 7 heteroatoms. The van der Waals surface area contributed by atoms with Gasteiger partial charge in [0.05, 0.1) is 0 Å². The molecule has 1 heterocycles. The van der Waals surface area contributed by atoms with Crippen LogP contribution in [0.15, 0.2) is 24.4 Å². The molecule has 0 saturated heterocycles. The highest BCUT2D eigenvalue weighted by molar-refractivity contribution is 5.98. The van der Waals surface area contributed by atoms with E-state index >= 15 is 0 Å². The highest BCUT2D eigenvalue weighted by Gasteiger charge is 2.13. The normalized spacial score (nSPS) is 11.8. The molecular weight excluding hydrogens is 292 g/mol. The van der Waals surface area contributed by atoms with Crippen LogP contribution in [-0.2, 0) is 0 Å². The van der Waals surface area contributed by atoms with Crippen LogP contribution in [0.2, 0.25) is 0 Å². The van der Waals surface area contributed by atoms with Crippen LogP contribution in [0.3, 0.4) is 0 Å². The SMILES string of the molecule is Cc1cc(C)cc(Nc2nc(NC(C)CN)ncc2C(N)=O)c1. The zero-order chi connectivity index (χ0) is 17.0. The van der Waals surface area contributed by atoms with E-state index in [1.807, 2.05) is 32.9 Å². The van der Waals surface area contributed by atoms with Crippen LogP contribution in [0.4, 0.5) is 17.5 Å². The maximum atomic E-state index is 11.6. The van der Waals surface area contributed by atoms with Crippen LogP contribution in [-0.4, -0.2) is 28.5 Å². The largest absolute Gasteiger partial charge is 0.365 e. The van der Waals surface area contributed by atoms with Crippen LogP contribution in [0.5, 0.6) is 0 Å². The number of aromatic nitrogens is 2. The molecule has 122 valence electrons. The van der Waals surface area contributed by atoms with Crippen molar-refractivity contribution in [1.29, 1.82) is 0 Å². The maximum Gasteiger partial charge on any atom is 0.254 e. The molecule has 1 amide bonds. The summed E-state index contributed by atoms with van der Waals surface area (Å²) in [4.78, 5) is 20.1. The summed E-state index contributed by atoms with van der Waals surface area (Å²) in [6.45, 7) is 6.37. The first-order valence-corrected chi connectivity index (χ1v) is 7.38. The fourth-order valence-electron chi connectivity index (χ4n) is 2.19. The fraction of sp³-hybridized carbons (Fsp3) is 0.312. The third-order valence-corrected chi connectivity index (χ3v) is 3.27. The molecule has 0 aliphatic carbocycles. The minimum absolute atomic E-state index is 0.0171. The molecule has 23 heavy (non-hydrogen) atoms. The Morgan fingerprint density at radius 1 is 1.26 bits per heavy atom. The molecule has 0 spiro atoms. The van der Waals surface area contributed by atoms with E-state index in [4.69, 9.17) is 11.5 Å². The van der Waals surface area contributed by atoms with Gasteiger partial charge in [-0.2, -0.15) is 4.98 Å². The Hall–Kier alpha value is -2.67. The van der Waals surface area contributed by atoms with Gasteiger partial charge in [0.1, 0.15) is 11.4 Å². The van der Waals surface area contributed by atoms with Crippen molar-refractivity contribution < 1.29 is 4.79 Å². The summed E-state index contributed by atoms with van der Waals surface area (Å²) in [6.07, 6.45) is 1.41. The van der Waals surface area contributed by atoms with Gasteiger partial charge in [0.15, 0.2) is 0 Å². The van der Waals surface area contributed by atoms with Gasteiger partial charge in [-0.25, -0.2) is 4.98 Å². The summed E-state index contributed by atoms with van der Waals surface area (Å²) < 4.78 is 0. The number of rotatable bonds is 6. The minimum Gasteiger partial charge on any atom is -0.365 e. The molecule has 0 fully saturated rings. The summed E-state index contributed by atoms with van der Waals surface area (Å²) in [6, 6.07) is 6.02. The third kappa shape index (κ3) is 4.40. The lowest BCUT2D eigenvalue weighted by molar-refractivity contribution is 0.100. The Bertz CT molecular complexity index is 695. The number of nitrogens with zero attached hydrogens (tertiary/aromatic N) is 2. The molecule has 1 aromatic heterocycles. The zero-order valence-electron chi connectivity index (χ0n) is 13.6. The third-order valence-electron chi connectivity index (χ3n) is 3.27. The molecular formula is C16H22N6O.